The molecule has 3 aliphatic heterocycles. The van der Waals surface area contributed by atoms with Crippen LogP contribution in [-0.2, 0) is 24.2 Å². The number of carbonyl (C=O) groups is 1. The summed E-state index contributed by atoms with van der Waals surface area (Å²) in [5.41, 5.74) is 7.69. The van der Waals surface area contributed by atoms with E-state index in [1.54, 1.807) is 6.07 Å². The van der Waals surface area contributed by atoms with Crippen LogP contribution in [0.4, 0.5) is 17.1 Å². The van der Waals surface area contributed by atoms with Crippen molar-refractivity contribution in [1.29, 1.82) is 0 Å². The van der Waals surface area contributed by atoms with Gasteiger partial charge in [-0.25, -0.2) is 0 Å². The third kappa shape index (κ3) is 5.44. The molecule has 8 nitrogen and oxygen atoms in total. The van der Waals surface area contributed by atoms with Crippen LogP contribution in [0, 0.1) is 10.1 Å². The van der Waals surface area contributed by atoms with Gasteiger partial charge in [0.1, 0.15) is 0 Å². The Balaban J connectivity index is 1.35. The fourth-order valence-electron chi connectivity index (χ4n) is 5.85. The highest BCUT2D eigenvalue weighted by Crippen LogP contribution is 2.39. The Morgan fingerprint density at radius 3 is 2.62 bits per heavy atom. The molecule has 0 unspecified atom stereocenters. The molecule has 1 saturated heterocycles. The lowest BCUT2D eigenvalue weighted by molar-refractivity contribution is -0.384. The van der Waals surface area contributed by atoms with Gasteiger partial charge in [-0.3, -0.25) is 14.9 Å². The molecule has 0 aliphatic carbocycles. The Kier molecular flexibility index (Phi) is 7.13. The average Bonchev–Trinajstić information content (AvgIpc) is 3.59. The van der Waals surface area contributed by atoms with Crippen LogP contribution in [0.1, 0.15) is 47.1 Å². The van der Waals surface area contributed by atoms with Crippen molar-refractivity contribution in [2.24, 2.45) is 0 Å². The van der Waals surface area contributed by atoms with E-state index >= 15 is 0 Å². The van der Waals surface area contributed by atoms with Crippen LogP contribution in [-0.4, -0.2) is 41.9 Å². The highest BCUT2D eigenvalue weighted by atomic mass is 16.6. The average molecular weight is 524 g/mol. The molecule has 3 aromatic rings. The van der Waals surface area contributed by atoms with Crippen molar-refractivity contribution in [3.63, 3.8) is 0 Å². The first-order chi connectivity index (χ1) is 19.0. The van der Waals surface area contributed by atoms with E-state index in [1.165, 1.54) is 54.8 Å². The molecule has 1 fully saturated rings. The minimum atomic E-state index is -0.428. The zero-order valence-electron chi connectivity index (χ0n) is 22.0. The van der Waals surface area contributed by atoms with Crippen LogP contribution in [0.3, 0.4) is 0 Å². The van der Waals surface area contributed by atoms with Gasteiger partial charge in [-0.15, -0.1) is 0 Å². The summed E-state index contributed by atoms with van der Waals surface area (Å²) in [6.45, 7) is 5.33. The van der Waals surface area contributed by atoms with Crippen LogP contribution in [0.2, 0.25) is 0 Å². The number of anilines is 2. The maximum atomic E-state index is 13.3. The van der Waals surface area contributed by atoms with Gasteiger partial charge >= 0.3 is 0 Å². The number of carbonyl (C=O) groups excluding carboxylic acids is 1. The van der Waals surface area contributed by atoms with Gasteiger partial charge in [0.05, 0.1) is 16.2 Å². The van der Waals surface area contributed by atoms with Crippen molar-refractivity contribution in [3.05, 3.63) is 98.6 Å². The minimum absolute atomic E-state index is 0.0447. The summed E-state index contributed by atoms with van der Waals surface area (Å²) in [5, 5.41) is 21.3. The van der Waals surface area contributed by atoms with Gasteiger partial charge in [0, 0.05) is 35.6 Å². The molecule has 3 N–H and O–H groups in total. The molecular weight excluding hydrogens is 490 g/mol. The third-order valence-corrected chi connectivity index (χ3v) is 7.95. The highest BCUT2D eigenvalue weighted by molar-refractivity contribution is 6.37. The number of nitrogens with zero attached hydrogens (tertiary/aromatic N) is 2. The van der Waals surface area contributed by atoms with Gasteiger partial charge in [0.25, 0.3) is 11.6 Å². The summed E-state index contributed by atoms with van der Waals surface area (Å²) in [4.78, 5) is 26.9. The fraction of sp³-hybridized carbons (Fsp3) is 0.323. The van der Waals surface area contributed by atoms with Crippen molar-refractivity contribution in [1.82, 2.24) is 10.2 Å². The molecular formula is C31H33N5O3. The van der Waals surface area contributed by atoms with Gasteiger partial charge in [0.2, 0.25) is 0 Å². The van der Waals surface area contributed by atoms with E-state index in [2.05, 4.69) is 45.1 Å². The molecule has 0 atom stereocenters. The number of benzene rings is 3. The van der Waals surface area contributed by atoms with E-state index in [-0.39, 0.29) is 11.6 Å². The molecule has 0 aromatic heterocycles. The molecule has 0 saturated carbocycles. The molecule has 0 bridgehead atoms. The standard InChI is InChI=1S/C31H33N5O3/c37-31-29(27-19-26(36(38)39)11-12-28(27)34-31)30(33-25-10-9-24-20-32-14-13-23(24)18-25)22-7-5-21(6-8-22)4-3-17-35-15-1-2-16-35/h5-12,18-19,32-33H,1-4,13-17,20H2,(H,34,37). The number of aryl methyl sites for hydroxylation is 1. The van der Waals surface area contributed by atoms with Crippen molar-refractivity contribution in [2.45, 2.75) is 38.6 Å². The summed E-state index contributed by atoms with van der Waals surface area (Å²) in [6, 6.07) is 19.1. The quantitative estimate of drug-likeness (QED) is 0.213. The number of hydrogen-bond donors (Lipinski definition) is 3. The smallest absolute Gasteiger partial charge is 0.270 e. The minimum Gasteiger partial charge on any atom is -0.354 e. The molecule has 0 spiro atoms. The lowest BCUT2D eigenvalue weighted by Gasteiger charge is -2.20. The lowest BCUT2D eigenvalue weighted by Crippen LogP contribution is -2.23. The Morgan fingerprint density at radius 2 is 1.82 bits per heavy atom. The Hall–Kier alpha value is -4.01. The monoisotopic (exact) mass is 523 g/mol. The Bertz CT molecular complexity index is 1440. The number of nitrogens with one attached hydrogen (secondary N) is 3. The first-order valence-corrected chi connectivity index (χ1v) is 13.8. The Labute approximate surface area is 228 Å². The van der Waals surface area contributed by atoms with Crippen LogP contribution in [0.25, 0.3) is 11.3 Å². The van der Waals surface area contributed by atoms with Crippen molar-refractivity contribution in [3.8, 4) is 0 Å². The lowest BCUT2D eigenvalue weighted by atomic mass is 9.97. The van der Waals surface area contributed by atoms with Crippen molar-refractivity contribution < 1.29 is 9.72 Å². The van der Waals surface area contributed by atoms with E-state index in [1.807, 2.05) is 18.2 Å². The van der Waals surface area contributed by atoms with Gasteiger partial charge < -0.3 is 20.9 Å². The number of hydrogen-bond acceptors (Lipinski definition) is 6. The second kappa shape index (κ2) is 11.0. The second-order valence-corrected chi connectivity index (χ2v) is 10.6. The van der Waals surface area contributed by atoms with Gasteiger partial charge in [-0.2, -0.15) is 0 Å². The predicted octanol–water partition coefficient (Wildman–Crippen LogP) is 5.20. The normalized spacial score (nSPS) is 17.9. The largest absolute Gasteiger partial charge is 0.354 e. The topological polar surface area (TPSA) is 99.5 Å². The van der Waals surface area contributed by atoms with E-state index in [0.29, 0.717) is 22.5 Å². The molecule has 6 rings (SSSR count). The molecule has 3 heterocycles. The first kappa shape index (κ1) is 25.3. The van der Waals surface area contributed by atoms with Crippen molar-refractivity contribution in [2.75, 3.05) is 36.8 Å². The third-order valence-electron chi connectivity index (χ3n) is 7.95. The van der Waals surface area contributed by atoms with Crippen LogP contribution in [0.5, 0.6) is 0 Å². The number of nitro groups is 1. The molecule has 3 aliphatic rings. The maximum absolute atomic E-state index is 13.3. The van der Waals surface area contributed by atoms with Crippen LogP contribution in [0.15, 0.2) is 60.7 Å². The molecule has 0 radical (unpaired) electrons. The molecule has 1 amide bonds. The van der Waals surface area contributed by atoms with Crippen LogP contribution >= 0.6 is 0 Å². The summed E-state index contributed by atoms with van der Waals surface area (Å²) in [5.74, 6) is -0.273. The van der Waals surface area contributed by atoms with E-state index < -0.39 is 4.92 Å². The second-order valence-electron chi connectivity index (χ2n) is 10.6. The highest BCUT2D eigenvalue weighted by Gasteiger charge is 2.30. The summed E-state index contributed by atoms with van der Waals surface area (Å²) < 4.78 is 0. The number of non-ortho nitro benzene ring substituents is 1. The van der Waals surface area contributed by atoms with Gasteiger partial charge in [-0.05, 0) is 98.7 Å². The van der Waals surface area contributed by atoms with Gasteiger partial charge in [0.15, 0.2) is 0 Å². The first-order valence-electron chi connectivity index (χ1n) is 13.8. The number of amides is 1. The predicted molar refractivity (Wildman–Crippen MR) is 154 cm³/mol. The summed E-state index contributed by atoms with van der Waals surface area (Å²) in [6.07, 6.45) is 5.68. The zero-order valence-corrected chi connectivity index (χ0v) is 22.0. The Morgan fingerprint density at radius 1 is 1.00 bits per heavy atom. The zero-order chi connectivity index (χ0) is 26.8. The van der Waals surface area contributed by atoms with E-state index in [4.69, 9.17) is 0 Å². The summed E-state index contributed by atoms with van der Waals surface area (Å²) >= 11 is 0. The number of nitro benzene ring substituents is 1. The van der Waals surface area contributed by atoms with E-state index in [9.17, 15) is 14.9 Å². The fourth-order valence-corrected chi connectivity index (χ4v) is 5.85. The summed E-state index contributed by atoms with van der Waals surface area (Å²) in [7, 11) is 0. The number of rotatable bonds is 8. The number of fused-ring (bicyclic) bond motifs is 2. The van der Waals surface area contributed by atoms with Gasteiger partial charge in [-0.1, -0.05) is 30.3 Å². The SMILES string of the molecule is O=C1Nc2ccc([N+](=O)[O-])cc2C1=C(Nc1ccc2c(c1)CCNC2)c1ccc(CCCN2CCCC2)cc1. The van der Waals surface area contributed by atoms with Crippen LogP contribution < -0.4 is 16.0 Å². The molecule has 39 heavy (non-hydrogen) atoms. The molecule has 8 heteroatoms. The number of likely N-dealkylation sites (tertiary alicyclic amines) is 1. The maximum Gasteiger partial charge on any atom is 0.270 e. The molecule has 200 valence electrons. The van der Waals surface area contributed by atoms with Crippen molar-refractivity contribution >= 4 is 34.2 Å². The van der Waals surface area contributed by atoms with E-state index in [0.717, 1.165) is 50.1 Å². The molecule has 3 aromatic carbocycles.